The first-order valence-electron chi connectivity index (χ1n) is 9.01. The topological polar surface area (TPSA) is 63.2 Å². The Kier molecular flexibility index (Phi) is 6.05. The van der Waals surface area contributed by atoms with Gasteiger partial charge in [-0.05, 0) is 49.7 Å². The predicted octanol–water partition coefficient (Wildman–Crippen LogP) is 5.15. The summed E-state index contributed by atoms with van der Waals surface area (Å²) in [6.07, 6.45) is 2.52. The molecule has 1 unspecified atom stereocenters. The first-order valence-corrected chi connectivity index (χ1v) is 9.01. The summed E-state index contributed by atoms with van der Waals surface area (Å²) in [7, 11) is 0. The fourth-order valence-electron chi connectivity index (χ4n) is 2.43. The van der Waals surface area contributed by atoms with Gasteiger partial charge >= 0.3 is 0 Å². The van der Waals surface area contributed by atoms with Gasteiger partial charge in [0.15, 0.2) is 5.75 Å². The number of aromatic nitrogens is 1. The van der Waals surface area contributed by atoms with E-state index in [4.69, 9.17) is 4.74 Å². The normalized spacial score (nSPS) is 11.5. The minimum Gasteiger partial charge on any atom is -0.455 e. The zero-order valence-corrected chi connectivity index (χ0v) is 15.5. The first kappa shape index (κ1) is 18.5. The number of carbonyl (C=O) groups is 1. The lowest BCUT2D eigenvalue weighted by Crippen LogP contribution is -2.32. The van der Waals surface area contributed by atoms with Crippen LogP contribution in [-0.4, -0.2) is 16.9 Å². The van der Waals surface area contributed by atoms with E-state index in [1.807, 2.05) is 74.5 Å². The van der Waals surface area contributed by atoms with E-state index in [-0.39, 0.29) is 11.9 Å². The lowest BCUT2D eigenvalue weighted by molar-refractivity contribution is 0.0934. The largest absolute Gasteiger partial charge is 0.455 e. The number of rotatable bonds is 7. The molecule has 0 aliphatic heterocycles. The van der Waals surface area contributed by atoms with Crippen LogP contribution in [0.5, 0.6) is 11.5 Å². The van der Waals surface area contributed by atoms with Gasteiger partial charge in [0.2, 0.25) is 0 Å². The highest BCUT2D eigenvalue weighted by Crippen LogP contribution is 2.31. The standard InChI is InChI=1S/C22H23N3O2/c1-3-16(2)24-22(26)20-14-13-17(15-23-20)25-19-11-7-8-12-21(19)27-18-9-5-4-6-10-18/h4-16,25H,3H2,1-2H3,(H,24,26). The van der Waals surface area contributed by atoms with Crippen molar-refractivity contribution in [2.24, 2.45) is 0 Å². The second-order valence-corrected chi connectivity index (χ2v) is 6.25. The number of anilines is 2. The highest BCUT2D eigenvalue weighted by atomic mass is 16.5. The molecule has 0 fully saturated rings. The Morgan fingerprint density at radius 3 is 2.48 bits per heavy atom. The molecule has 0 aliphatic carbocycles. The fraction of sp³-hybridized carbons (Fsp3) is 0.182. The maximum atomic E-state index is 12.1. The van der Waals surface area contributed by atoms with Crippen LogP contribution in [-0.2, 0) is 0 Å². The lowest BCUT2D eigenvalue weighted by Gasteiger charge is -2.13. The quantitative estimate of drug-likeness (QED) is 0.611. The fourth-order valence-corrected chi connectivity index (χ4v) is 2.43. The van der Waals surface area contributed by atoms with Gasteiger partial charge in [0, 0.05) is 6.04 Å². The molecule has 5 heteroatoms. The summed E-state index contributed by atoms with van der Waals surface area (Å²) < 4.78 is 5.95. The summed E-state index contributed by atoms with van der Waals surface area (Å²) >= 11 is 0. The SMILES string of the molecule is CCC(C)NC(=O)c1ccc(Nc2ccccc2Oc2ccccc2)cn1. The highest BCUT2D eigenvalue weighted by molar-refractivity contribution is 5.92. The van der Waals surface area contributed by atoms with E-state index < -0.39 is 0 Å². The van der Waals surface area contributed by atoms with E-state index in [1.165, 1.54) is 0 Å². The van der Waals surface area contributed by atoms with Crippen molar-refractivity contribution in [1.29, 1.82) is 0 Å². The number of amides is 1. The van der Waals surface area contributed by atoms with Crippen LogP contribution in [0.3, 0.4) is 0 Å². The number of nitrogens with one attached hydrogen (secondary N) is 2. The maximum absolute atomic E-state index is 12.1. The highest BCUT2D eigenvalue weighted by Gasteiger charge is 2.10. The van der Waals surface area contributed by atoms with Crippen molar-refractivity contribution in [2.75, 3.05) is 5.32 Å². The van der Waals surface area contributed by atoms with Crippen molar-refractivity contribution in [1.82, 2.24) is 10.3 Å². The number of ether oxygens (including phenoxy) is 1. The molecule has 0 spiro atoms. The second kappa shape index (κ2) is 8.85. The molecule has 1 aromatic heterocycles. The summed E-state index contributed by atoms with van der Waals surface area (Å²) in [6, 6.07) is 21.0. The van der Waals surface area contributed by atoms with Crippen LogP contribution in [0.15, 0.2) is 72.9 Å². The third-order valence-electron chi connectivity index (χ3n) is 4.12. The van der Waals surface area contributed by atoms with Crippen LogP contribution in [0.1, 0.15) is 30.8 Å². The smallest absolute Gasteiger partial charge is 0.270 e. The van der Waals surface area contributed by atoms with Crippen molar-refractivity contribution in [3.05, 3.63) is 78.6 Å². The van der Waals surface area contributed by atoms with Gasteiger partial charge in [-0.2, -0.15) is 0 Å². The number of para-hydroxylation sites is 3. The zero-order chi connectivity index (χ0) is 19.1. The second-order valence-electron chi connectivity index (χ2n) is 6.25. The summed E-state index contributed by atoms with van der Waals surface area (Å²) in [5.74, 6) is 1.31. The van der Waals surface area contributed by atoms with Gasteiger partial charge in [-0.3, -0.25) is 4.79 Å². The molecule has 1 heterocycles. The molecule has 5 nitrogen and oxygen atoms in total. The number of nitrogens with zero attached hydrogens (tertiary/aromatic N) is 1. The summed E-state index contributed by atoms with van der Waals surface area (Å²) in [5.41, 5.74) is 1.99. The molecule has 1 atom stereocenters. The molecule has 0 radical (unpaired) electrons. The minimum atomic E-state index is -0.163. The van der Waals surface area contributed by atoms with Crippen molar-refractivity contribution in [3.8, 4) is 11.5 Å². The van der Waals surface area contributed by atoms with Gasteiger partial charge < -0.3 is 15.4 Å². The number of hydrogen-bond acceptors (Lipinski definition) is 4. The van der Waals surface area contributed by atoms with Crippen LogP contribution in [0, 0.1) is 0 Å². The Morgan fingerprint density at radius 1 is 1.04 bits per heavy atom. The molecular weight excluding hydrogens is 338 g/mol. The van der Waals surface area contributed by atoms with E-state index >= 15 is 0 Å². The summed E-state index contributed by atoms with van der Waals surface area (Å²) in [6.45, 7) is 4.00. The predicted molar refractivity (Wildman–Crippen MR) is 108 cm³/mol. The number of pyridine rings is 1. The van der Waals surface area contributed by atoms with E-state index in [9.17, 15) is 4.79 Å². The van der Waals surface area contributed by atoms with Gasteiger partial charge in [-0.25, -0.2) is 4.98 Å². The number of carbonyl (C=O) groups excluding carboxylic acids is 1. The van der Waals surface area contributed by atoms with Crippen LogP contribution in [0.2, 0.25) is 0 Å². The molecule has 138 valence electrons. The summed E-state index contributed by atoms with van der Waals surface area (Å²) in [5, 5.41) is 6.20. The molecular formula is C22H23N3O2. The molecule has 2 N–H and O–H groups in total. The maximum Gasteiger partial charge on any atom is 0.270 e. The Labute approximate surface area is 159 Å². The van der Waals surface area contributed by atoms with Crippen molar-refractivity contribution >= 4 is 17.3 Å². The monoisotopic (exact) mass is 361 g/mol. The van der Waals surface area contributed by atoms with E-state index in [0.717, 1.165) is 23.5 Å². The molecule has 3 rings (SSSR count). The molecule has 0 aliphatic rings. The lowest BCUT2D eigenvalue weighted by atomic mass is 10.2. The number of benzene rings is 2. The Balaban J connectivity index is 1.71. The summed E-state index contributed by atoms with van der Waals surface area (Å²) in [4.78, 5) is 16.4. The van der Waals surface area contributed by atoms with Crippen LogP contribution < -0.4 is 15.4 Å². The molecule has 0 bridgehead atoms. The third kappa shape index (κ3) is 5.07. The Morgan fingerprint density at radius 2 is 1.78 bits per heavy atom. The average molecular weight is 361 g/mol. The minimum absolute atomic E-state index is 0.124. The van der Waals surface area contributed by atoms with Gasteiger partial charge in [0.1, 0.15) is 11.4 Å². The van der Waals surface area contributed by atoms with Crippen LogP contribution in [0.25, 0.3) is 0 Å². The van der Waals surface area contributed by atoms with Gasteiger partial charge in [0.25, 0.3) is 5.91 Å². The molecule has 0 saturated heterocycles. The molecule has 3 aromatic rings. The molecule has 2 aromatic carbocycles. The van der Waals surface area contributed by atoms with Gasteiger partial charge in [-0.1, -0.05) is 37.3 Å². The van der Waals surface area contributed by atoms with E-state index in [2.05, 4.69) is 15.6 Å². The number of hydrogen-bond donors (Lipinski definition) is 2. The first-order chi connectivity index (χ1) is 13.2. The van der Waals surface area contributed by atoms with Crippen LogP contribution >= 0.6 is 0 Å². The third-order valence-corrected chi connectivity index (χ3v) is 4.12. The average Bonchev–Trinajstić information content (AvgIpc) is 2.70. The van der Waals surface area contributed by atoms with Gasteiger partial charge in [0.05, 0.1) is 17.6 Å². The van der Waals surface area contributed by atoms with Crippen LogP contribution in [0.4, 0.5) is 11.4 Å². The van der Waals surface area contributed by atoms with Crippen molar-refractivity contribution < 1.29 is 9.53 Å². The Bertz CT molecular complexity index is 880. The van der Waals surface area contributed by atoms with Crippen molar-refractivity contribution in [3.63, 3.8) is 0 Å². The van der Waals surface area contributed by atoms with Gasteiger partial charge in [-0.15, -0.1) is 0 Å². The molecule has 1 amide bonds. The van der Waals surface area contributed by atoms with Crippen molar-refractivity contribution in [2.45, 2.75) is 26.3 Å². The van der Waals surface area contributed by atoms with E-state index in [1.54, 1.807) is 12.3 Å². The van der Waals surface area contributed by atoms with E-state index in [0.29, 0.717) is 11.4 Å². The molecule has 0 saturated carbocycles. The zero-order valence-electron chi connectivity index (χ0n) is 15.5. The Hall–Kier alpha value is -3.34. The molecule has 27 heavy (non-hydrogen) atoms.